The van der Waals surface area contributed by atoms with Crippen LogP contribution in [0.5, 0.6) is 0 Å². The second-order valence-electron chi connectivity index (χ2n) is 8.52. The first-order valence-electron chi connectivity index (χ1n) is 9.15. The van der Waals surface area contributed by atoms with E-state index >= 15 is 0 Å². The Hall–Kier alpha value is -1.49. The predicted molar refractivity (Wildman–Crippen MR) is 95.1 cm³/mol. The molecule has 0 N–H and O–H groups in total. The highest BCUT2D eigenvalue weighted by Gasteiger charge is 2.44. The first-order chi connectivity index (χ1) is 11.3. The second-order valence-corrected chi connectivity index (χ2v) is 8.52. The number of nitrogens with zero attached hydrogens (tertiary/aromatic N) is 4. The molecule has 5 nitrogen and oxygen atoms in total. The van der Waals surface area contributed by atoms with Crippen LogP contribution in [0, 0.1) is 0 Å². The summed E-state index contributed by atoms with van der Waals surface area (Å²) in [4.78, 5) is 26.6. The van der Waals surface area contributed by atoms with Crippen LogP contribution in [-0.2, 0) is 5.41 Å². The molecule has 1 aliphatic heterocycles. The molecular weight excluding hydrogens is 300 g/mol. The number of piperazine rings is 1. The molecule has 0 bridgehead atoms. The molecule has 1 amide bonds. The molecule has 2 fully saturated rings. The third-order valence-corrected chi connectivity index (χ3v) is 5.44. The van der Waals surface area contributed by atoms with Crippen molar-refractivity contribution in [2.75, 3.05) is 26.7 Å². The molecule has 1 aromatic rings. The lowest BCUT2D eigenvalue weighted by Gasteiger charge is -2.52. The van der Waals surface area contributed by atoms with E-state index in [9.17, 15) is 4.79 Å². The van der Waals surface area contributed by atoms with Crippen molar-refractivity contribution in [3.8, 4) is 0 Å². The summed E-state index contributed by atoms with van der Waals surface area (Å²) in [7, 11) is 2.17. The Labute approximate surface area is 145 Å². The van der Waals surface area contributed by atoms with Gasteiger partial charge in [-0.15, -0.1) is 0 Å². The van der Waals surface area contributed by atoms with Gasteiger partial charge in [0, 0.05) is 37.4 Å². The van der Waals surface area contributed by atoms with E-state index in [2.05, 4.69) is 47.6 Å². The average Bonchev–Trinajstić information content (AvgIpc) is 2.54. The quantitative estimate of drug-likeness (QED) is 0.794. The lowest BCUT2D eigenvalue weighted by molar-refractivity contribution is -0.00784. The summed E-state index contributed by atoms with van der Waals surface area (Å²) in [5.74, 6) is 0.885. The number of carbonyl (C=O) groups is 1. The Balaban J connectivity index is 1.84. The Morgan fingerprint density at radius 2 is 1.71 bits per heavy atom. The standard InChI is InChI=1S/C19H30N4O/c1-18(2,3)17-20-12-15(13-21-17)16(24)23-11-10-22(4)14-19(23)8-6-5-7-9-19/h12-13H,5-11,14H2,1-4H3. The number of amides is 1. The molecule has 132 valence electrons. The lowest BCUT2D eigenvalue weighted by atomic mass is 9.78. The van der Waals surface area contributed by atoms with Crippen LogP contribution in [0.4, 0.5) is 0 Å². The van der Waals surface area contributed by atoms with Crippen LogP contribution in [0.3, 0.4) is 0 Å². The van der Waals surface area contributed by atoms with Gasteiger partial charge in [-0.05, 0) is 19.9 Å². The van der Waals surface area contributed by atoms with Gasteiger partial charge in [-0.3, -0.25) is 4.79 Å². The van der Waals surface area contributed by atoms with Crippen LogP contribution >= 0.6 is 0 Å². The topological polar surface area (TPSA) is 49.3 Å². The highest BCUT2D eigenvalue weighted by Crippen LogP contribution is 2.37. The number of hydrogen-bond acceptors (Lipinski definition) is 4. The van der Waals surface area contributed by atoms with Gasteiger partial charge in [0.15, 0.2) is 0 Å². The maximum atomic E-state index is 13.2. The van der Waals surface area contributed by atoms with E-state index in [1.165, 1.54) is 19.3 Å². The molecule has 1 spiro atoms. The largest absolute Gasteiger partial charge is 0.330 e. The van der Waals surface area contributed by atoms with Crippen molar-refractivity contribution >= 4 is 5.91 Å². The van der Waals surface area contributed by atoms with Gasteiger partial charge in [0.1, 0.15) is 5.82 Å². The molecule has 2 aliphatic rings. The molecule has 1 saturated heterocycles. The third kappa shape index (κ3) is 3.32. The van der Waals surface area contributed by atoms with E-state index < -0.39 is 0 Å². The molecule has 2 heterocycles. The number of carbonyl (C=O) groups excluding carboxylic acids is 1. The minimum absolute atomic E-state index is 0.00499. The van der Waals surface area contributed by atoms with E-state index in [4.69, 9.17) is 0 Å². The first kappa shape index (κ1) is 17.3. The summed E-state index contributed by atoms with van der Waals surface area (Å²) in [6, 6.07) is 0. The smallest absolute Gasteiger partial charge is 0.257 e. The summed E-state index contributed by atoms with van der Waals surface area (Å²) in [5, 5.41) is 0. The predicted octanol–water partition coefficient (Wildman–Crippen LogP) is 2.86. The molecule has 0 unspecified atom stereocenters. The molecule has 0 atom stereocenters. The van der Waals surface area contributed by atoms with Gasteiger partial charge in [-0.2, -0.15) is 0 Å². The van der Waals surface area contributed by atoms with Crippen molar-refractivity contribution in [1.82, 2.24) is 19.8 Å². The molecular formula is C19H30N4O. The van der Waals surface area contributed by atoms with Crippen molar-refractivity contribution < 1.29 is 4.79 Å². The van der Waals surface area contributed by atoms with Gasteiger partial charge < -0.3 is 9.80 Å². The van der Waals surface area contributed by atoms with E-state index in [-0.39, 0.29) is 16.9 Å². The molecule has 0 aromatic carbocycles. The maximum Gasteiger partial charge on any atom is 0.257 e. The fourth-order valence-corrected chi connectivity index (χ4v) is 4.11. The van der Waals surface area contributed by atoms with E-state index in [1.54, 1.807) is 12.4 Å². The Morgan fingerprint density at radius 1 is 1.08 bits per heavy atom. The molecule has 3 rings (SSSR count). The molecule has 1 saturated carbocycles. The van der Waals surface area contributed by atoms with E-state index in [0.717, 1.165) is 38.3 Å². The second kappa shape index (κ2) is 6.43. The van der Waals surface area contributed by atoms with E-state index in [1.807, 2.05) is 0 Å². The summed E-state index contributed by atoms with van der Waals surface area (Å²) in [6.45, 7) is 8.98. The van der Waals surface area contributed by atoms with Crippen molar-refractivity contribution in [1.29, 1.82) is 0 Å². The van der Waals surface area contributed by atoms with Crippen molar-refractivity contribution in [3.05, 3.63) is 23.8 Å². The highest BCUT2D eigenvalue weighted by atomic mass is 16.2. The molecule has 24 heavy (non-hydrogen) atoms. The van der Waals surface area contributed by atoms with Gasteiger partial charge in [0.05, 0.1) is 11.1 Å². The van der Waals surface area contributed by atoms with Crippen LogP contribution in [0.25, 0.3) is 0 Å². The van der Waals surface area contributed by atoms with Gasteiger partial charge in [0.2, 0.25) is 0 Å². The lowest BCUT2D eigenvalue weighted by Crippen LogP contribution is -2.63. The SMILES string of the molecule is CN1CCN(C(=O)c2cnc(C(C)(C)C)nc2)C2(CCCCC2)C1. The zero-order chi connectivity index (χ0) is 17.4. The maximum absolute atomic E-state index is 13.2. The number of likely N-dealkylation sites (N-methyl/N-ethyl adjacent to an activating group) is 1. The van der Waals surface area contributed by atoms with E-state index in [0.29, 0.717) is 5.56 Å². The van der Waals surface area contributed by atoms with Crippen LogP contribution in [0.15, 0.2) is 12.4 Å². The fraction of sp³-hybridized carbons (Fsp3) is 0.737. The summed E-state index contributed by atoms with van der Waals surface area (Å²) in [5.41, 5.74) is 0.530. The normalized spacial score (nSPS) is 21.9. The summed E-state index contributed by atoms with van der Waals surface area (Å²) in [6.07, 6.45) is 9.38. The minimum Gasteiger partial charge on any atom is -0.330 e. The minimum atomic E-state index is -0.0972. The Bertz CT molecular complexity index is 584. The van der Waals surface area contributed by atoms with Crippen molar-refractivity contribution in [2.24, 2.45) is 0 Å². The molecule has 0 radical (unpaired) electrons. The van der Waals surface area contributed by atoms with Gasteiger partial charge in [0.25, 0.3) is 5.91 Å². The monoisotopic (exact) mass is 330 g/mol. The number of rotatable bonds is 1. The highest BCUT2D eigenvalue weighted by molar-refractivity contribution is 5.94. The number of aromatic nitrogens is 2. The zero-order valence-electron chi connectivity index (χ0n) is 15.5. The molecule has 1 aliphatic carbocycles. The summed E-state index contributed by atoms with van der Waals surface area (Å²) >= 11 is 0. The number of hydrogen-bond donors (Lipinski definition) is 0. The van der Waals surface area contributed by atoms with Crippen LogP contribution < -0.4 is 0 Å². The Kier molecular flexibility index (Phi) is 4.65. The zero-order valence-corrected chi connectivity index (χ0v) is 15.5. The fourth-order valence-electron chi connectivity index (χ4n) is 4.11. The average molecular weight is 330 g/mol. The molecule has 5 heteroatoms. The van der Waals surface area contributed by atoms with Gasteiger partial charge in [-0.25, -0.2) is 9.97 Å². The van der Waals surface area contributed by atoms with Gasteiger partial charge in [-0.1, -0.05) is 40.0 Å². The van der Waals surface area contributed by atoms with Crippen LogP contribution in [0.2, 0.25) is 0 Å². The van der Waals surface area contributed by atoms with Crippen molar-refractivity contribution in [3.63, 3.8) is 0 Å². The first-order valence-corrected chi connectivity index (χ1v) is 9.15. The summed E-state index contributed by atoms with van der Waals surface area (Å²) < 4.78 is 0. The third-order valence-electron chi connectivity index (χ3n) is 5.44. The van der Waals surface area contributed by atoms with Crippen LogP contribution in [-0.4, -0.2) is 57.9 Å². The van der Waals surface area contributed by atoms with Crippen LogP contribution in [0.1, 0.15) is 69.1 Å². The Morgan fingerprint density at radius 3 is 2.29 bits per heavy atom. The van der Waals surface area contributed by atoms with Gasteiger partial charge >= 0.3 is 0 Å². The van der Waals surface area contributed by atoms with Crippen molar-refractivity contribution in [2.45, 2.75) is 63.8 Å². The molecule has 1 aromatic heterocycles.